The molecule has 36 heavy (non-hydrogen) atoms. The fourth-order valence-corrected chi connectivity index (χ4v) is 4.55. The summed E-state index contributed by atoms with van der Waals surface area (Å²) in [6.45, 7) is 1.58. The maximum Gasteiger partial charge on any atom is 0.309 e. The minimum atomic E-state index is -0.618. The van der Waals surface area contributed by atoms with Crippen molar-refractivity contribution in [2.24, 2.45) is 0 Å². The number of hydrogen-bond acceptors (Lipinski definition) is 5. The number of methoxy groups -OCH3 is 1. The number of anilines is 2. The molecule has 3 aromatic rings. The molecule has 1 unspecified atom stereocenters. The van der Waals surface area contributed by atoms with Crippen LogP contribution < -0.4 is 25.2 Å². The first kappa shape index (κ1) is 25.1. The first-order valence-electron chi connectivity index (χ1n) is 12.3. The summed E-state index contributed by atoms with van der Waals surface area (Å²) in [5.41, 5.74) is 5.75. The van der Waals surface area contributed by atoms with Crippen molar-refractivity contribution in [1.29, 1.82) is 0 Å². The van der Waals surface area contributed by atoms with Crippen LogP contribution in [0.15, 0.2) is 72.8 Å². The Morgan fingerprint density at radius 3 is 2.33 bits per heavy atom. The van der Waals surface area contributed by atoms with Gasteiger partial charge in [0, 0.05) is 45.1 Å². The van der Waals surface area contributed by atoms with E-state index in [1.54, 1.807) is 7.11 Å². The Hall–Kier alpha value is -4.00. The predicted molar refractivity (Wildman–Crippen MR) is 144 cm³/mol. The van der Waals surface area contributed by atoms with Crippen molar-refractivity contribution < 1.29 is 14.3 Å². The minimum absolute atomic E-state index is 0.0825. The van der Waals surface area contributed by atoms with Gasteiger partial charge < -0.3 is 25.2 Å². The van der Waals surface area contributed by atoms with Gasteiger partial charge in [0.15, 0.2) is 0 Å². The van der Waals surface area contributed by atoms with Crippen molar-refractivity contribution in [1.82, 2.24) is 10.6 Å². The maximum atomic E-state index is 12.6. The van der Waals surface area contributed by atoms with Crippen LogP contribution in [0.4, 0.5) is 11.4 Å². The molecule has 1 aliphatic rings. The molecule has 3 aromatic carbocycles. The second-order valence-corrected chi connectivity index (χ2v) is 9.14. The van der Waals surface area contributed by atoms with Gasteiger partial charge in [-0.15, -0.1) is 0 Å². The molecule has 0 fully saturated rings. The molecular weight excluding hydrogens is 452 g/mol. The Morgan fingerprint density at radius 2 is 1.64 bits per heavy atom. The van der Waals surface area contributed by atoms with E-state index in [4.69, 9.17) is 4.74 Å². The zero-order chi connectivity index (χ0) is 25.5. The van der Waals surface area contributed by atoms with Crippen LogP contribution in [0, 0.1) is 0 Å². The monoisotopic (exact) mass is 486 g/mol. The summed E-state index contributed by atoms with van der Waals surface area (Å²) in [6, 6.07) is 24.3. The Kier molecular flexibility index (Phi) is 8.10. The predicted octanol–water partition coefficient (Wildman–Crippen LogP) is 3.34. The zero-order valence-electron chi connectivity index (χ0n) is 21.2. The minimum Gasteiger partial charge on any atom is -0.497 e. The van der Waals surface area contributed by atoms with Crippen LogP contribution >= 0.6 is 0 Å². The largest absolute Gasteiger partial charge is 0.497 e. The van der Waals surface area contributed by atoms with Gasteiger partial charge in [-0.1, -0.05) is 42.5 Å². The number of rotatable bonds is 9. The van der Waals surface area contributed by atoms with Crippen molar-refractivity contribution in [2.75, 3.05) is 50.6 Å². The van der Waals surface area contributed by atoms with E-state index >= 15 is 0 Å². The van der Waals surface area contributed by atoms with E-state index in [1.807, 2.05) is 44.4 Å². The van der Waals surface area contributed by atoms with Crippen LogP contribution in [0.25, 0.3) is 0 Å². The molecule has 4 rings (SSSR count). The average molecular weight is 487 g/mol. The van der Waals surface area contributed by atoms with Gasteiger partial charge in [0.2, 0.25) is 0 Å². The van der Waals surface area contributed by atoms with Gasteiger partial charge in [-0.3, -0.25) is 9.59 Å². The number of hydrogen-bond donors (Lipinski definition) is 2. The molecule has 2 N–H and O–H groups in total. The lowest BCUT2D eigenvalue weighted by atomic mass is 10.0. The zero-order valence-corrected chi connectivity index (χ0v) is 21.2. The summed E-state index contributed by atoms with van der Waals surface area (Å²) < 4.78 is 5.17. The van der Waals surface area contributed by atoms with E-state index in [2.05, 4.69) is 62.9 Å². The van der Waals surface area contributed by atoms with Gasteiger partial charge in [-0.2, -0.15) is 0 Å². The number of para-hydroxylation sites is 1. The highest BCUT2D eigenvalue weighted by atomic mass is 16.5. The van der Waals surface area contributed by atoms with Crippen LogP contribution in [0.2, 0.25) is 0 Å². The second kappa shape index (κ2) is 11.6. The topological polar surface area (TPSA) is 73.9 Å². The molecule has 7 nitrogen and oxygen atoms in total. The molecule has 1 aliphatic heterocycles. The number of carbonyl (C=O) groups excluding carboxylic acids is 2. The average Bonchev–Trinajstić information content (AvgIpc) is 3.33. The van der Waals surface area contributed by atoms with E-state index in [0.29, 0.717) is 19.5 Å². The lowest BCUT2D eigenvalue weighted by molar-refractivity contribution is -0.139. The fraction of sp³-hybridized carbons (Fsp3) is 0.310. The van der Waals surface area contributed by atoms with E-state index in [-0.39, 0.29) is 6.04 Å². The molecule has 2 amide bonds. The molecule has 0 saturated heterocycles. The highest BCUT2D eigenvalue weighted by Crippen LogP contribution is 2.35. The Morgan fingerprint density at radius 1 is 0.944 bits per heavy atom. The number of benzene rings is 3. The normalized spacial score (nSPS) is 13.0. The molecule has 1 heterocycles. The fourth-order valence-electron chi connectivity index (χ4n) is 4.55. The van der Waals surface area contributed by atoms with Gasteiger partial charge in [0.05, 0.1) is 13.2 Å². The lowest BCUT2D eigenvalue weighted by Gasteiger charge is -2.31. The van der Waals surface area contributed by atoms with Gasteiger partial charge in [0.1, 0.15) is 5.75 Å². The Labute approximate surface area is 213 Å². The summed E-state index contributed by atoms with van der Waals surface area (Å²) in [4.78, 5) is 29.5. The van der Waals surface area contributed by atoms with Crippen molar-refractivity contribution in [2.45, 2.75) is 18.9 Å². The van der Waals surface area contributed by atoms with Gasteiger partial charge in [0.25, 0.3) is 0 Å². The molecule has 0 radical (unpaired) electrons. The molecule has 0 aromatic heterocycles. The third-order valence-corrected chi connectivity index (χ3v) is 6.61. The standard InChI is InChI=1S/C29H34N4O3/c1-32(2)24-12-10-23(11-13-24)27(33-19-17-22-6-4-5-7-26(22)33)20-31-29(35)28(34)30-18-16-21-8-14-25(36-3)15-9-21/h4-15,27H,16-20H2,1-3H3,(H,30,34)(H,31,35). The molecular formula is C29H34N4O3. The second-order valence-electron chi connectivity index (χ2n) is 9.14. The van der Waals surface area contributed by atoms with Gasteiger partial charge in [-0.05, 0) is 59.9 Å². The lowest BCUT2D eigenvalue weighted by Crippen LogP contribution is -2.44. The number of nitrogens with zero attached hydrogens (tertiary/aromatic N) is 2. The summed E-state index contributed by atoms with van der Waals surface area (Å²) in [6.07, 6.45) is 1.59. The van der Waals surface area contributed by atoms with Crippen LogP contribution in [0.3, 0.4) is 0 Å². The number of amides is 2. The summed E-state index contributed by atoms with van der Waals surface area (Å²) >= 11 is 0. The molecule has 0 aliphatic carbocycles. The third kappa shape index (κ3) is 5.97. The van der Waals surface area contributed by atoms with Crippen molar-refractivity contribution in [3.8, 4) is 5.75 Å². The van der Waals surface area contributed by atoms with E-state index < -0.39 is 11.8 Å². The van der Waals surface area contributed by atoms with Crippen LogP contribution in [0.5, 0.6) is 5.75 Å². The van der Waals surface area contributed by atoms with Crippen LogP contribution in [-0.4, -0.2) is 52.7 Å². The Balaban J connectivity index is 1.39. The number of carbonyl (C=O) groups is 2. The highest BCUT2D eigenvalue weighted by molar-refractivity contribution is 6.35. The van der Waals surface area contributed by atoms with E-state index in [9.17, 15) is 9.59 Å². The first-order chi connectivity index (χ1) is 17.5. The van der Waals surface area contributed by atoms with Gasteiger partial charge >= 0.3 is 11.8 Å². The maximum absolute atomic E-state index is 12.6. The number of ether oxygens (including phenoxy) is 1. The first-order valence-corrected chi connectivity index (χ1v) is 12.3. The molecule has 0 saturated carbocycles. The van der Waals surface area contributed by atoms with Gasteiger partial charge in [-0.25, -0.2) is 0 Å². The summed E-state index contributed by atoms with van der Waals surface area (Å²) in [5.74, 6) is -0.451. The quantitative estimate of drug-likeness (QED) is 0.454. The van der Waals surface area contributed by atoms with Crippen LogP contribution in [-0.2, 0) is 22.4 Å². The number of fused-ring (bicyclic) bond motifs is 1. The summed E-state index contributed by atoms with van der Waals surface area (Å²) in [7, 11) is 5.65. The smallest absolute Gasteiger partial charge is 0.309 e. The summed E-state index contributed by atoms with van der Waals surface area (Å²) in [5, 5.41) is 5.60. The molecule has 7 heteroatoms. The molecule has 188 valence electrons. The highest BCUT2D eigenvalue weighted by Gasteiger charge is 2.28. The van der Waals surface area contributed by atoms with Crippen molar-refractivity contribution in [3.05, 3.63) is 89.5 Å². The number of nitrogens with one attached hydrogen (secondary N) is 2. The SMILES string of the molecule is COc1ccc(CCNC(=O)C(=O)NCC(c2ccc(N(C)C)cc2)N2CCc3ccccc32)cc1. The molecule has 0 bridgehead atoms. The van der Waals surface area contributed by atoms with Crippen molar-refractivity contribution in [3.63, 3.8) is 0 Å². The Bertz CT molecular complexity index is 1180. The van der Waals surface area contributed by atoms with Crippen molar-refractivity contribution >= 4 is 23.2 Å². The molecule has 1 atom stereocenters. The van der Waals surface area contributed by atoms with E-state index in [1.165, 1.54) is 11.3 Å². The third-order valence-electron chi connectivity index (χ3n) is 6.61. The van der Waals surface area contributed by atoms with E-state index in [0.717, 1.165) is 35.5 Å². The van der Waals surface area contributed by atoms with Crippen LogP contribution in [0.1, 0.15) is 22.7 Å². The molecule has 0 spiro atoms.